The molecule has 0 saturated carbocycles. The third-order valence-electron chi connectivity index (χ3n) is 1.01. The number of ether oxygens (including phenoxy) is 1. The number of hydrogen-bond donors (Lipinski definition) is 1. The maximum absolute atomic E-state index is 10.5. The summed E-state index contributed by atoms with van der Waals surface area (Å²) >= 11 is 0. The first kappa shape index (κ1) is 9.10. The Hall–Kier alpha value is -0.900. The number of nitrogens with two attached hydrogens (primary N) is 1. The Labute approximate surface area is 59.3 Å². The first-order valence-electron chi connectivity index (χ1n) is 2.90. The molecule has 0 aromatic heterocycles. The molecule has 0 heterocycles. The van der Waals surface area contributed by atoms with Crippen molar-refractivity contribution in [2.45, 2.75) is 19.4 Å². The highest BCUT2D eigenvalue weighted by molar-refractivity contribution is 5.84. The largest absolute Gasteiger partial charge is 0.468 e. The van der Waals surface area contributed by atoms with Crippen LogP contribution >= 0.6 is 0 Å². The summed E-state index contributed by atoms with van der Waals surface area (Å²) in [5.41, 5.74) is 5.23. The van der Waals surface area contributed by atoms with E-state index in [4.69, 9.17) is 5.73 Å². The molecule has 0 amide bonds. The maximum Gasteiger partial charge on any atom is 0.323 e. The smallest absolute Gasteiger partial charge is 0.323 e. The number of ketones is 1. The van der Waals surface area contributed by atoms with Gasteiger partial charge in [-0.1, -0.05) is 0 Å². The summed E-state index contributed by atoms with van der Waals surface area (Å²) < 4.78 is 4.30. The van der Waals surface area contributed by atoms with Crippen LogP contribution in [0.25, 0.3) is 0 Å². The number of hydrogen-bond acceptors (Lipinski definition) is 4. The molecule has 0 aromatic rings. The molecule has 0 fully saturated rings. The van der Waals surface area contributed by atoms with Gasteiger partial charge >= 0.3 is 5.97 Å². The van der Waals surface area contributed by atoms with Gasteiger partial charge in [-0.15, -0.1) is 0 Å². The van der Waals surface area contributed by atoms with Crippen LogP contribution in [-0.2, 0) is 14.3 Å². The molecule has 4 heteroatoms. The van der Waals surface area contributed by atoms with Gasteiger partial charge in [0.2, 0.25) is 0 Å². The zero-order valence-electron chi connectivity index (χ0n) is 6.09. The van der Waals surface area contributed by atoms with E-state index >= 15 is 0 Å². The quantitative estimate of drug-likeness (QED) is 0.542. The third kappa shape index (κ3) is 3.19. The molecule has 0 radical (unpaired) electrons. The van der Waals surface area contributed by atoms with Crippen molar-refractivity contribution in [3.8, 4) is 0 Å². The molecule has 0 spiro atoms. The summed E-state index contributed by atoms with van der Waals surface area (Å²) in [6.07, 6.45) is 0.0483. The molecule has 4 nitrogen and oxygen atoms in total. The minimum absolute atomic E-state index is 0.0483. The van der Waals surface area contributed by atoms with Crippen molar-refractivity contribution in [1.29, 1.82) is 0 Å². The van der Waals surface area contributed by atoms with E-state index in [0.29, 0.717) is 0 Å². The minimum atomic E-state index is -0.803. The summed E-state index contributed by atoms with van der Waals surface area (Å²) in [5.74, 6) is -0.659. The fourth-order valence-corrected chi connectivity index (χ4v) is 0.544. The van der Waals surface area contributed by atoms with Gasteiger partial charge in [0, 0.05) is 6.42 Å². The van der Waals surface area contributed by atoms with Crippen LogP contribution in [0.1, 0.15) is 13.3 Å². The standard InChI is InChI=1S/C6H11NO3/c1-4(8)3-5(7)6(9)10-2/h5H,3,7H2,1-2H3/t5-/m1/s1. The summed E-state index contributed by atoms with van der Waals surface area (Å²) in [5, 5.41) is 0. The van der Waals surface area contributed by atoms with Crippen molar-refractivity contribution in [1.82, 2.24) is 0 Å². The van der Waals surface area contributed by atoms with Gasteiger partial charge in [0.05, 0.1) is 7.11 Å². The second-order valence-electron chi connectivity index (χ2n) is 2.04. The second kappa shape index (κ2) is 4.00. The summed E-state index contributed by atoms with van der Waals surface area (Å²) in [6, 6.07) is -0.803. The Kier molecular flexibility index (Phi) is 3.64. The van der Waals surface area contributed by atoms with Crippen LogP contribution in [0.15, 0.2) is 0 Å². The van der Waals surface area contributed by atoms with Crippen LogP contribution in [0, 0.1) is 0 Å². The van der Waals surface area contributed by atoms with Gasteiger partial charge in [0.1, 0.15) is 11.8 Å². The number of rotatable bonds is 3. The number of esters is 1. The van der Waals surface area contributed by atoms with E-state index in [-0.39, 0.29) is 12.2 Å². The monoisotopic (exact) mass is 145 g/mol. The molecule has 0 bridgehead atoms. The van der Waals surface area contributed by atoms with E-state index < -0.39 is 12.0 Å². The molecule has 10 heavy (non-hydrogen) atoms. The lowest BCUT2D eigenvalue weighted by atomic mass is 10.2. The van der Waals surface area contributed by atoms with E-state index in [0.717, 1.165) is 0 Å². The van der Waals surface area contributed by atoms with Gasteiger partial charge in [-0.05, 0) is 6.92 Å². The summed E-state index contributed by atoms with van der Waals surface area (Å²) in [4.78, 5) is 20.9. The third-order valence-corrected chi connectivity index (χ3v) is 1.01. The maximum atomic E-state index is 10.5. The molecule has 0 aliphatic carbocycles. The highest BCUT2D eigenvalue weighted by Crippen LogP contribution is 1.91. The van der Waals surface area contributed by atoms with Crippen molar-refractivity contribution in [3.63, 3.8) is 0 Å². The molecule has 0 aromatic carbocycles. The Balaban J connectivity index is 3.72. The van der Waals surface area contributed by atoms with Gasteiger partial charge in [0.25, 0.3) is 0 Å². The van der Waals surface area contributed by atoms with Crippen molar-refractivity contribution in [2.75, 3.05) is 7.11 Å². The van der Waals surface area contributed by atoms with E-state index in [1.807, 2.05) is 0 Å². The first-order valence-corrected chi connectivity index (χ1v) is 2.90. The van der Waals surface area contributed by atoms with E-state index in [2.05, 4.69) is 4.74 Å². The van der Waals surface area contributed by atoms with Gasteiger partial charge in [-0.25, -0.2) is 0 Å². The normalized spacial score (nSPS) is 12.3. The van der Waals surface area contributed by atoms with Crippen LogP contribution in [0.3, 0.4) is 0 Å². The summed E-state index contributed by atoms with van der Waals surface area (Å²) in [6.45, 7) is 1.38. The Morgan fingerprint density at radius 2 is 2.10 bits per heavy atom. The second-order valence-corrected chi connectivity index (χ2v) is 2.04. The van der Waals surface area contributed by atoms with Gasteiger partial charge < -0.3 is 10.5 Å². The first-order chi connectivity index (χ1) is 4.57. The van der Waals surface area contributed by atoms with Crippen molar-refractivity contribution in [2.24, 2.45) is 5.73 Å². The van der Waals surface area contributed by atoms with Gasteiger partial charge in [-0.2, -0.15) is 0 Å². The zero-order valence-corrected chi connectivity index (χ0v) is 6.09. The fraction of sp³-hybridized carbons (Fsp3) is 0.667. The predicted molar refractivity (Wildman–Crippen MR) is 35.3 cm³/mol. The van der Waals surface area contributed by atoms with Crippen LogP contribution in [0.2, 0.25) is 0 Å². The molecule has 58 valence electrons. The molecular formula is C6H11NO3. The summed E-state index contributed by atoms with van der Waals surface area (Å²) in [7, 11) is 1.24. The molecule has 0 saturated heterocycles. The minimum Gasteiger partial charge on any atom is -0.468 e. The number of carbonyl (C=O) groups is 2. The van der Waals surface area contributed by atoms with Crippen LogP contribution < -0.4 is 5.73 Å². The van der Waals surface area contributed by atoms with Gasteiger partial charge in [0.15, 0.2) is 0 Å². The van der Waals surface area contributed by atoms with Crippen LogP contribution in [-0.4, -0.2) is 24.9 Å². The van der Waals surface area contributed by atoms with Crippen LogP contribution in [0.5, 0.6) is 0 Å². The zero-order chi connectivity index (χ0) is 8.15. The highest BCUT2D eigenvalue weighted by atomic mass is 16.5. The molecule has 2 N–H and O–H groups in total. The van der Waals surface area contributed by atoms with E-state index in [1.54, 1.807) is 0 Å². The van der Waals surface area contributed by atoms with Crippen molar-refractivity contribution in [3.05, 3.63) is 0 Å². The average molecular weight is 145 g/mol. The average Bonchev–Trinajstić information content (AvgIpc) is 1.85. The Bertz CT molecular complexity index is 144. The Morgan fingerprint density at radius 1 is 1.60 bits per heavy atom. The lowest BCUT2D eigenvalue weighted by molar-refractivity contribution is -0.143. The fourth-order valence-electron chi connectivity index (χ4n) is 0.544. The number of methoxy groups -OCH3 is 1. The Morgan fingerprint density at radius 3 is 2.40 bits per heavy atom. The number of carbonyl (C=O) groups excluding carboxylic acids is 2. The molecule has 0 rings (SSSR count). The van der Waals surface area contributed by atoms with Crippen molar-refractivity contribution < 1.29 is 14.3 Å². The molecule has 0 aliphatic heterocycles. The molecule has 0 unspecified atom stereocenters. The molecular weight excluding hydrogens is 134 g/mol. The lowest BCUT2D eigenvalue weighted by Crippen LogP contribution is -2.33. The highest BCUT2D eigenvalue weighted by Gasteiger charge is 2.14. The van der Waals surface area contributed by atoms with Crippen LogP contribution in [0.4, 0.5) is 0 Å². The molecule has 0 aliphatic rings. The van der Waals surface area contributed by atoms with Crippen molar-refractivity contribution >= 4 is 11.8 Å². The lowest BCUT2D eigenvalue weighted by Gasteiger charge is -2.04. The van der Waals surface area contributed by atoms with Gasteiger partial charge in [-0.3, -0.25) is 9.59 Å². The van der Waals surface area contributed by atoms with E-state index in [1.165, 1.54) is 14.0 Å². The van der Waals surface area contributed by atoms with E-state index in [9.17, 15) is 9.59 Å². The SMILES string of the molecule is COC(=O)[C@H](N)CC(C)=O. The number of Topliss-reactive ketones (excluding diaryl/α,β-unsaturated/α-hetero) is 1. The molecule has 1 atom stereocenters. The topological polar surface area (TPSA) is 69.4 Å². The predicted octanol–water partition coefficient (Wildman–Crippen LogP) is -0.534.